The van der Waals surface area contributed by atoms with E-state index in [-0.39, 0.29) is 24.8 Å². The number of aliphatic hydroxyl groups excluding tert-OH is 1. The highest BCUT2D eigenvalue weighted by Gasteiger charge is 2.20. The van der Waals surface area contributed by atoms with Crippen molar-refractivity contribution in [3.05, 3.63) is 48.5 Å². The van der Waals surface area contributed by atoms with Gasteiger partial charge in [0, 0.05) is 31.9 Å². The summed E-state index contributed by atoms with van der Waals surface area (Å²) in [7, 11) is 1.82. The van der Waals surface area contributed by atoms with Gasteiger partial charge in [-0.15, -0.1) is 0 Å². The maximum absolute atomic E-state index is 9.67. The van der Waals surface area contributed by atoms with Gasteiger partial charge in [0.1, 0.15) is 29.1 Å². The zero-order valence-electron chi connectivity index (χ0n) is 17.5. The first-order valence-corrected chi connectivity index (χ1v) is 9.95. The molecule has 0 radical (unpaired) electrons. The van der Waals surface area contributed by atoms with Crippen LogP contribution in [0, 0.1) is 6.92 Å². The number of aromatic nitrogens is 7. The highest BCUT2D eigenvalue weighted by atomic mass is 16.5. The SMILES string of the molecule is Cc1ccc2[nH]ncc2c1Oc1nc(N(CCO)c2ccn(C)n2)cc2ncnc(N)c12. The van der Waals surface area contributed by atoms with Gasteiger partial charge in [0.15, 0.2) is 5.82 Å². The minimum atomic E-state index is -0.0914. The van der Waals surface area contributed by atoms with Crippen LogP contribution in [-0.4, -0.2) is 53.2 Å². The molecule has 162 valence electrons. The normalized spacial score (nSPS) is 11.3. The van der Waals surface area contributed by atoms with Crippen LogP contribution in [0.4, 0.5) is 17.5 Å². The monoisotopic (exact) mass is 431 g/mol. The topological polar surface area (TPSA) is 144 Å². The van der Waals surface area contributed by atoms with E-state index in [0.29, 0.717) is 28.3 Å². The van der Waals surface area contributed by atoms with Gasteiger partial charge >= 0.3 is 0 Å². The molecule has 1 aromatic carbocycles. The molecular formula is C21H21N9O2. The van der Waals surface area contributed by atoms with Crippen molar-refractivity contribution in [2.45, 2.75) is 6.92 Å². The number of benzene rings is 1. The number of pyridine rings is 1. The van der Waals surface area contributed by atoms with Crippen molar-refractivity contribution < 1.29 is 9.84 Å². The summed E-state index contributed by atoms with van der Waals surface area (Å²) in [6.45, 7) is 2.14. The fraction of sp³-hybridized carbons (Fsp3) is 0.190. The Morgan fingerprint density at radius 3 is 2.88 bits per heavy atom. The summed E-state index contributed by atoms with van der Waals surface area (Å²) in [4.78, 5) is 15.0. The third-order valence-electron chi connectivity index (χ3n) is 5.15. The zero-order chi connectivity index (χ0) is 22.2. The summed E-state index contributed by atoms with van der Waals surface area (Å²) in [5.74, 6) is 2.26. The lowest BCUT2D eigenvalue weighted by Crippen LogP contribution is -2.23. The first-order valence-electron chi connectivity index (χ1n) is 9.95. The molecule has 0 aliphatic heterocycles. The van der Waals surface area contributed by atoms with E-state index in [1.807, 2.05) is 38.4 Å². The number of aromatic amines is 1. The minimum absolute atomic E-state index is 0.0914. The molecule has 11 heteroatoms. The average Bonchev–Trinajstić information content (AvgIpc) is 3.43. The molecule has 0 unspecified atom stereocenters. The maximum Gasteiger partial charge on any atom is 0.234 e. The number of nitrogens with one attached hydrogen (secondary N) is 1. The van der Waals surface area contributed by atoms with E-state index in [0.717, 1.165) is 16.5 Å². The van der Waals surface area contributed by atoms with Crippen molar-refractivity contribution in [2.24, 2.45) is 7.05 Å². The molecule has 5 rings (SSSR count). The van der Waals surface area contributed by atoms with Gasteiger partial charge in [0.25, 0.3) is 0 Å². The number of anilines is 3. The Morgan fingerprint density at radius 2 is 2.09 bits per heavy atom. The maximum atomic E-state index is 9.67. The number of nitrogen functional groups attached to an aromatic ring is 1. The molecule has 0 saturated carbocycles. The number of hydrogen-bond acceptors (Lipinski definition) is 9. The van der Waals surface area contributed by atoms with Crippen LogP contribution in [0.15, 0.2) is 43.0 Å². The van der Waals surface area contributed by atoms with Crippen molar-refractivity contribution in [1.82, 2.24) is 34.9 Å². The smallest absolute Gasteiger partial charge is 0.234 e. The predicted molar refractivity (Wildman–Crippen MR) is 120 cm³/mol. The molecule has 0 fully saturated rings. The van der Waals surface area contributed by atoms with Crippen molar-refractivity contribution in [3.8, 4) is 11.6 Å². The first kappa shape index (κ1) is 19.7. The molecule has 4 aromatic heterocycles. The second-order valence-electron chi connectivity index (χ2n) is 7.31. The number of nitrogens with two attached hydrogens (primary N) is 1. The Bertz CT molecular complexity index is 1430. The van der Waals surface area contributed by atoms with Gasteiger partial charge in [-0.3, -0.25) is 9.78 Å². The molecule has 0 atom stereocenters. The van der Waals surface area contributed by atoms with Gasteiger partial charge in [-0.1, -0.05) is 6.07 Å². The molecule has 0 bridgehead atoms. The fourth-order valence-corrected chi connectivity index (χ4v) is 3.59. The summed E-state index contributed by atoms with van der Waals surface area (Å²) in [6, 6.07) is 7.49. The first-order chi connectivity index (χ1) is 15.5. The van der Waals surface area contributed by atoms with Gasteiger partial charge in [0.2, 0.25) is 5.88 Å². The number of aryl methyl sites for hydroxylation is 2. The summed E-state index contributed by atoms with van der Waals surface area (Å²) in [5, 5.41) is 22.5. The lowest BCUT2D eigenvalue weighted by Gasteiger charge is -2.22. The Morgan fingerprint density at radius 1 is 1.22 bits per heavy atom. The molecule has 4 N–H and O–H groups in total. The number of fused-ring (bicyclic) bond motifs is 2. The molecule has 0 aliphatic rings. The van der Waals surface area contributed by atoms with E-state index in [2.05, 4.69) is 25.3 Å². The van der Waals surface area contributed by atoms with E-state index < -0.39 is 0 Å². The number of ether oxygens (including phenoxy) is 1. The minimum Gasteiger partial charge on any atom is -0.437 e. The highest BCUT2D eigenvalue weighted by Crippen LogP contribution is 2.38. The lowest BCUT2D eigenvalue weighted by atomic mass is 10.1. The van der Waals surface area contributed by atoms with Crippen molar-refractivity contribution in [1.29, 1.82) is 0 Å². The second-order valence-corrected chi connectivity index (χ2v) is 7.31. The fourth-order valence-electron chi connectivity index (χ4n) is 3.59. The van der Waals surface area contributed by atoms with E-state index in [9.17, 15) is 5.11 Å². The molecule has 0 amide bonds. The van der Waals surface area contributed by atoms with Gasteiger partial charge < -0.3 is 20.5 Å². The van der Waals surface area contributed by atoms with Crippen molar-refractivity contribution in [3.63, 3.8) is 0 Å². The quantitative estimate of drug-likeness (QED) is 0.369. The van der Waals surface area contributed by atoms with Crippen LogP contribution in [-0.2, 0) is 7.05 Å². The number of aliphatic hydroxyl groups is 1. The van der Waals surface area contributed by atoms with Gasteiger partial charge in [-0.2, -0.15) is 15.2 Å². The van der Waals surface area contributed by atoms with Crippen LogP contribution in [0.25, 0.3) is 21.8 Å². The second kappa shape index (κ2) is 7.78. The van der Waals surface area contributed by atoms with Crippen LogP contribution in [0.1, 0.15) is 5.56 Å². The Kier molecular flexibility index (Phi) is 4.79. The summed E-state index contributed by atoms with van der Waals surface area (Å²) >= 11 is 0. The summed E-state index contributed by atoms with van der Waals surface area (Å²) < 4.78 is 8.02. The van der Waals surface area contributed by atoms with Gasteiger partial charge in [-0.25, -0.2) is 9.97 Å². The van der Waals surface area contributed by atoms with Crippen molar-refractivity contribution >= 4 is 39.3 Å². The zero-order valence-corrected chi connectivity index (χ0v) is 17.5. The highest BCUT2D eigenvalue weighted by molar-refractivity contribution is 5.95. The molecule has 32 heavy (non-hydrogen) atoms. The molecule has 0 aliphatic carbocycles. The molecule has 0 saturated heterocycles. The van der Waals surface area contributed by atoms with Crippen LogP contribution in [0.3, 0.4) is 0 Å². The van der Waals surface area contributed by atoms with E-state index in [4.69, 9.17) is 15.5 Å². The lowest BCUT2D eigenvalue weighted by molar-refractivity contribution is 0.305. The molecule has 5 aromatic rings. The number of H-pyrrole nitrogens is 1. The largest absolute Gasteiger partial charge is 0.437 e. The molecular weight excluding hydrogens is 410 g/mol. The molecule has 4 heterocycles. The van der Waals surface area contributed by atoms with Crippen molar-refractivity contribution in [2.75, 3.05) is 23.8 Å². The van der Waals surface area contributed by atoms with Gasteiger partial charge in [-0.05, 0) is 18.6 Å². The standard InChI is InChI=1S/C21H21N9O2/c1-12-3-4-14-13(10-25-27-14)19(12)32-21-18-15(23-11-24-20(18)22)9-17(26-21)30(7-8-31)16-5-6-29(2)28-16/h3-6,9-11,31H,7-8H2,1-2H3,(H,25,27)(H2,22,23,24). The van der Waals surface area contributed by atoms with E-state index in [1.165, 1.54) is 6.33 Å². The van der Waals surface area contributed by atoms with Crippen LogP contribution in [0.2, 0.25) is 0 Å². The predicted octanol–water partition coefficient (Wildman–Crippen LogP) is 2.45. The third kappa shape index (κ3) is 3.34. The Balaban J connectivity index is 1.70. The molecule has 0 spiro atoms. The van der Waals surface area contributed by atoms with Crippen LogP contribution in [0.5, 0.6) is 11.6 Å². The number of hydrogen-bond donors (Lipinski definition) is 3. The van der Waals surface area contributed by atoms with Gasteiger partial charge in [0.05, 0.1) is 29.2 Å². The van der Waals surface area contributed by atoms with Crippen LogP contribution < -0.4 is 15.4 Å². The summed E-state index contributed by atoms with van der Waals surface area (Å²) in [6.07, 6.45) is 4.92. The summed E-state index contributed by atoms with van der Waals surface area (Å²) in [5.41, 5.74) is 8.49. The third-order valence-corrected chi connectivity index (χ3v) is 5.15. The average molecular weight is 431 g/mol. The van der Waals surface area contributed by atoms with Crippen LogP contribution >= 0.6 is 0 Å². The van der Waals surface area contributed by atoms with E-state index >= 15 is 0 Å². The number of rotatable bonds is 6. The van der Waals surface area contributed by atoms with E-state index in [1.54, 1.807) is 21.8 Å². The Hall–Kier alpha value is -4.25. The molecule has 11 nitrogen and oxygen atoms in total. The Labute approximate surface area is 182 Å². The number of nitrogens with zero attached hydrogens (tertiary/aromatic N) is 7.